The second-order valence-corrected chi connectivity index (χ2v) is 5.42. The molecule has 2 unspecified atom stereocenters. The van der Waals surface area contributed by atoms with Gasteiger partial charge in [-0.05, 0) is 12.8 Å². The molecule has 1 saturated heterocycles. The van der Waals surface area contributed by atoms with Crippen LogP contribution < -0.4 is 0 Å². The Morgan fingerprint density at radius 3 is 2.68 bits per heavy atom. The summed E-state index contributed by atoms with van der Waals surface area (Å²) < 4.78 is 1.62. The van der Waals surface area contributed by atoms with Crippen molar-refractivity contribution < 1.29 is 15.0 Å². The van der Waals surface area contributed by atoms with Crippen LogP contribution >= 0.6 is 0 Å². The van der Waals surface area contributed by atoms with Crippen LogP contribution in [0.4, 0.5) is 0 Å². The first-order valence-corrected chi connectivity index (χ1v) is 6.72. The van der Waals surface area contributed by atoms with E-state index < -0.39 is 5.97 Å². The van der Waals surface area contributed by atoms with E-state index in [9.17, 15) is 9.90 Å². The van der Waals surface area contributed by atoms with Crippen LogP contribution in [0, 0.1) is 0 Å². The highest BCUT2D eigenvalue weighted by Crippen LogP contribution is 2.30. The standard InChI is InChI=1S/C12H18N4O3/c17-11-4-2-1-3-10(11)15-5-8(6-15)16-7-9(12(18)19)13-14-16/h7-8,10-11,17H,1-6H2,(H,18,19). The highest BCUT2D eigenvalue weighted by molar-refractivity contribution is 5.84. The van der Waals surface area contributed by atoms with Crippen molar-refractivity contribution in [3.63, 3.8) is 0 Å². The zero-order valence-electron chi connectivity index (χ0n) is 10.6. The molecule has 19 heavy (non-hydrogen) atoms. The Balaban J connectivity index is 1.58. The van der Waals surface area contributed by atoms with Crippen LogP contribution in [0.2, 0.25) is 0 Å². The Bertz CT molecular complexity index is 469. The summed E-state index contributed by atoms with van der Waals surface area (Å²) >= 11 is 0. The molecule has 2 atom stereocenters. The van der Waals surface area contributed by atoms with Gasteiger partial charge in [0.2, 0.25) is 0 Å². The highest BCUT2D eigenvalue weighted by atomic mass is 16.4. The number of aromatic nitrogens is 3. The van der Waals surface area contributed by atoms with E-state index in [0.29, 0.717) is 0 Å². The third-order valence-corrected chi connectivity index (χ3v) is 4.16. The summed E-state index contributed by atoms with van der Waals surface area (Å²) in [5.74, 6) is -1.05. The maximum Gasteiger partial charge on any atom is 0.358 e. The number of carboxylic acid groups (broad SMARTS) is 1. The van der Waals surface area contributed by atoms with Gasteiger partial charge < -0.3 is 10.2 Å². The second kappa shape index (κ2) is 4.90. The van der Waals surface area contributed by atoms with Crippen LogP contribution in [0.3, 0.4) is 0 Å². The molecule has 104 valence electrons. The average Bonchev–Trinajstić information content (AvgIpc) is 2.79. The molecule has 0 radical (unpaired) electrons. The number of likely N-dealkylation sites (tertiary alicyclic amines) is 1. The smallest absolute Gasteiger partial charge is 0.358 e. The average molecular weight is 266 g/mol. The quantitative estimate of drug-likeness (QED) is 0.808. The summed E-state index contributed by atoms with van der Waals surface area (Å²) in [6.45, 7) is 1.62. The third-order valence-electron chi connectivity index (χ3n) is 4.16. The Labute approximate surface area is 110 Å². The van der Waals surface area contributed by atoms with Gasteiger partial charge >= 0.3 is 5.97 Å². The molecule has 7 nitrogen and oxygen atoms in total. The fourth-order valence-electron chi connectivity index (χ4n) is 3.00. The molecule has 2 fully saturated rings. The van der Waals surface area contributed by atoms with Crippen molar-refractivity contribution in [3.8, 4) is 0 Å². The van der Waals surface area contributed by atoms with Crippen molar-refractivity contribution in [2.45, 2.75) is 43.9 Å². The fraction of sp³-hybridized carbons (Fsp3) is 0.750. The number of aliphatic hydroxyl groups excluding tert-OH is 1. The first kappa shape index (κ1) is 12.6. The zero-order valence-corrected chi connectivity index (χ0v) is 10.6. The number of hydrogen-bond acceptors (Lipinski definition) is 5. The van der Waals surface area contributed by atoms with Crippen LogP contribution in [0.15, 0.2) is 6.20 Å². The molecular formula is C12H18N4O3. The van der Waals surface area contributed by atoms with E-state index in [0.717, 1.165) is 32.4 Å². The van der Waals surface area contributed by atoms with E-state index in [1.165, 1.54) is 12.6 Å². The van der Waals surface area contributed by atoms with E-state index in [1.54, 1.807) is 4.68 Å². The lowest BCUT2D eigenvalue weighted by molar-refractivity contribution is -0.0345. The Morgan fingerprint density at radius 1 is 1.32 bits per heavy atom. The normalized spacial score (nSPS) is 29.1. The summed E-state index contributed by atoms with van der Waals surface area (Å²) in [6.07, 6.45) is 5.47. The first-order chi connectivity index (χ1) is 9.15. The van der Waals surface area contributed by atoms with Gasteiger partial charge in [0.1, 0.15) is 0 Å². The molecule has 1 aliphatic carbocycles. The monoisotopic (exact) mass is 266 g/mol. The van der Waals surface area contributed by atoms with E-state index in [2.05, 4.69) is 15.2 Å². The SMILES string of the molecule is O=C(O)c1cn(C2CN(C3CCCCC3O)C2)nn1. The number of carboxylic acids is 1. The van der Waals surface area contributed by atoms with Crippen molar-refractivity contribution in [1.82, 2.24) is 19.9 Å². The number of rotatable bonds is 3. The lowest BCUT2D eigenvalue weighted by Gasteiger charge is -2.47. The van der Waals surface area contributed by atoms with Crippen molar-refractivity contribution >= 4 is 5.97 Å². The predicted octanol–water partition coefficient (Wildman–Crippen LogP) is 0.136. The number of carbonyl (C=O) groups is 1. The summed E-state index contributed by atoms with van der Waals surface area (Å²) in [5.41, 5.74) is -0.0175. The number of aromatic carboxylic acids is 1. The van der Waals surface area contributed by atoms with Gasteiger partial charge in [0.15, 0.2) is 5.69 Å². The van der Waals surface area contributed by atoms with Gasteiger partial charge in [0.05, 0.1) is 18.3 Å². The molecule has 2 N–H and O–H groups in total. The van der Waals surface area contributed by atoms with Gasteiger partial charge in [-0.3, -0.25) is 4.90 Å². The molecular weight excluding hydrogens is 248 g/mol. The Hall–Kier alpha value is -1.47. The van der Waals surface area contributed by atoms with Gasteiger partial charge in [0, 0.05) is 19.1 Å². The second-order valence-electron chi connectivity index (χ2n) is 5.42. The molecule has 3 rings (SSSR count). The molecule has 1 saturated carbocycles. The fourth-order valence-corrected chi connectivity index (χ4v) is 3.00. The molecule has 1 aromatic rings. The van der Waals surface area contributed by atoms with Gasteiger partial charge in [-0.2, -0.15) is 0 Å². The minimum atomic E-state index is -1.05. The van der Waals surface area contributed by atoms with Crippen LogP contribution in [0.5, 0.6) is 0 Å². The maximum absolute atomic E-state index is 10.7. The minimum absolute atomic E-state index is 0.0175. The molecule has 0 amide bonds. The molecule has 2 heterocycles. The Kier molecular flexibility index (Phi) is 3.24. The van der Waals surface area contributed by atoms with Gasteiger partial charge in [0.25, 0.3) is 0 Å². The number of aliphatic hydroxyl groups is 1. The number of hydrogen-bond donors (Lipinski definition) is 2. The van der Waals surface area contributed by atoms with Crippen LogP contribution in [0.25, 0.3) is 0 Å². The molecule has 1 aromatic heterocycles. The third kappa shape index (κ3) is 2.35. The van der Waals surface area contributed by atoms with Crippen LogP contribution in [-0.2, 0) is 0 Å². The summed E-state index contributed by atoms with van der Waals surface area (Å²) in [4.78, 5) is 13.0. The molecule has 0 bridgehead atoms. The Morgan fingerprint density at radius 2 is 2.05 bits per heavy atom. The summed E-state index contributed by atoms with van der Waals surface area (Å²) in [5, 5.41) is 26.3. The van der Waals surface area contributed by atoms with E-state index >= 15 is 0 Å². The van der Waals surface area contributed by atoms with Crippen molar-refractivity contribution in [3.05, 3.63) is 11.9 Å². The molecule has 0 spiro atoms. The van der Waals surface area contributed by atoms with E-state index in [-0.39, 0.29) is 23.9 Å². The predicted molar refractivity (Wildman–Crippen MR) is 65.9 cm³/mol. The first-order valence-electron chi connectivity index (χ1n) is 6.72. The molecule has 0 aromatic carbocycles. The van der Waals surface area contributed by atoms with Crippen molar-refractivity contribution in [2.24, 2.45) is 0 Å². The lowest BCUT2D eigenvalue weighted by atomic mass is 9.89. The van der Waals surface area contributed by atoms with Crippen molar-refractivity contribution in [1.29, 1.82) is 0 Å². The van der Waals surface area contributed by atoms with Crippen molar-refractivity contribution in [2.75, 3.05) is 13.1 Å². The molecule has 2 aliphatic rings. The van der Waals surface area contributed by atoms with Gasteiger partial charge in [-0.1, -0.05) is 18.1 Å². The van der Waals surface area contributed by atoms with Crippen LogP contribution in [0.1, 0.15) is 42.2 Å². The van der Waals surface area contributed by atoms with Gasteiger partial charge in [-0.25, -0.2) is 9.48 Å². The topological polar surface area (TPSA) is 91.5 Å². The number of nitrogens with zero attached hydrogens (tertiary/aromatic N) is 4. The maximum atomic E-state index is 10.7. The lowest BCUT2D eigenvalue weighted by Crippen LogP contribution is -2.57. The largest absolute Gasteiger partial charge is 0.476 e. The van der Waals surface area contributed by atoms with E-state index in [1.807, 2.05) is 0 Å². The van der Waals surface area contributed by atoms with Gasteiger partial charge in [-0.15, -0.1) is 5.10 Å². The summed E-state index contributed by atoms with van der Waals surface area (Å²) in [6, 6.07) is 0.433. The van der Waals surface area contributed by atoms with E-state index in [4.69, 9.17) is 5.11 Å². The molecule has 1 aliphatic heterocycles. The summed E-state index contributed by atoms with van der Waals surface area (Å²) in [7, 11) is 0. The highest BCUT2D eigenvalue weighted by Gasteiger charge is 2.38. The minimum Gasteiger partial charge on any atom is -0.476 e. The zero-order chi connectivity index (χ0) is 13.4. The van der Waals surface area contributed by atoms with Crippen LogP contribution in [-0.4, -0.2) is 61.3 Å². The molecule has 7 heteroatoms.